The zero-order valence-electron chi connectivity index (χ0n) is 18.0. The van der Waals surface area contributed by atoms with Crippen LogP contribution in [0.2, 0.25) is 0 Å². The first-order valence-electron chi connectivity index (χ1n) is 10.6. The number of carbonyl (C=O) groups is 2. The number of hydrogen-bond acceptors (Lipinski definition) is 5. The molecule has 0 aliphatic heterocycles. The molecule has 3 rings (SSSR count). The van der Waals surface area contributed by atoms with Gasteiger partial charge in [-0.05, 0) is 42.8 Å². The van der Waals surface area contributed by atoms with E-state index in [0.29, 0.717) is 29.5 Å². The molecule has 2 aromatic carbocycles. The third-order valence-electron chi connectivity index (χ3n) is 5.31. The van der Waals surface area contributed by atoms with Crippen molar-refractivity contribution in [3.05, 3.63) is 75.3 Å². The smallest absolute Gasteiger partial charge is 0.307 e. The highest BCUT2D eigenvalue weighted by Crippen LogP contribution is 2.18. The van der Waals surface area contributed by atoms with E-state index >= 15 is 0 Å². The number of para-hydroxylation sites is 1. The fourth-order valence-electron chi connectivity index (χ4n) is 3.59. The van der Waals surface area contributed by atoms with E-state index in [9.17, 15) is 14.4 Å². The normalized spacial score (nSPS) is 11.8. The lowest BCUT2D eigenvalue weighted by atomic mass is 10.0. The van der Waals surface area contributed by atoms with Gasteiger partial charge in [0.15, 0.2) is 4.77 Å². The molecule has 8 heteroatoms. The number of aromatic nitrogens is 2. The Kier molecular flexibility index (Phi) is 8.33. The van der Waals surface area contributed by atoms with E-state index in [-0.39, 0.29) is 23.9 Å². The third-order valence-corrected chi connectivity index (χ3v) is 5.63. The van der Waals surface area contributed by atoms with Crippen molar-refractivity contribution in [1.82, 2.24) is 14.9 Å². The maximum Gasteiger partial charge on any atom is 0.307 e. The van der Waals surface area contributed by atoms with E-state index in [0.717, 1.165) is 23.9 Å². The largest absolute Gasteiger partial charge is 0.469 e. The Labute approximate surface area is 191 Å². The molecule has 168 valence electrons. The predicted octanol–water partition coefficient (Wildman–Crippen LogP) is 4.04. The van der Waals surface area contributed by atoms with Crippen molar-refractivity contribution in [1.29, 1.82) is 0 Å². The summed E-state index contributed by atoms with van der Waals surface area (Å²) in [6, 6.07) is 16.2. The number of H-pyrrole nitrogens is 1. The molecule has 1 atom stereocenters. The second-order valence-electron chi connectivity index (χ2n) is 7.55. The molecule has 1 amide bonds. The molecule has 7 nitrogen and oxygen atoms in total. The molecule has 0 spiro atoms. The summed E-state index contributed by atoms with van der Waals surface area (Å²) < 4.78 is 6.73. The number of amides is 1. The zero-order chi connectivity index (χ0) is 22.9. The van der Waals surface area contributed by atoms with Crippen LogP contribution in [0.3, 0.4) is 0 Å². The minimum Gasteiger partial charge on any atom is -0.469 e. The molecule has 0 radical (unpaired) electrons. The minimum atomic E-state index is -0.425. The number of esters is 1. The molecule has 2 N–H and O–H groups in total. The summed E-state index contributed by atoms with van der Waals surface area (Å²) in [6.07, 6.45) is 2.59. The van der Waals surface area contributed by atoms with Gasteiger partial charge in [-0.1, -0.05) is 48.9 Å². The molecule has 0 saturated carbocycles. The highest BCUT2D eigenvalue weighted by molar-refractivity contribution is 7.71. The Balaban J connectivity index is 1.50. The van der Waals surface area contributed by atoms with Crippen LogP contribution in [0.25, 0.3) is 10.9 Å². The number of methoxy groups -OCH3 is 1. The summed E-state index contributed by atoms with van der Waals surface area (Å²) in [5.74, 6) is -0.501. The number of nitrogens with zero attached hydrogens (tertiary/aromatic N) is 1. The summed E-state index contributed by atoms with van der Waals surface area (Å²) in [5.41, 5.74) is 1.49. The van der Waals surface area contributed by atoms with Crippen LogP contribution in [0, 0.1) is 4.77 Å². The highest BCUT2D eigenvalue weighted by atomic mass is 32.1. The Morgan fingerprint density at radius 2 is 1.78 bits per heavy atom. The second kappa shape index (κ2) is 11.4. The number of nitrogens with one attached hydrogen (secondary N) is 2. The summed E-state index contributed by atoms with van der Waals surface area (Å²) in [6.45, 7) is 0.496. The first-order valence-corrected chi connectivity index (χ1v) is 11.0. The standard InChI is InChI=1S/C24H27N3O4S/c1-31-22(29)16-20(17-10-4-2-5-11-17)25-21(28)14-6-3-9-15-27-23(30)18-12-7-8-13-19(18)26-24(27)32/h2,4-5,7-8,10-13,20H,3,6,9,14-16H2,1H3,(H,25,28)(H,26,32). The monoisotopic (exact) mass is 453 g/mol. The van der Waals surface area contributed by atoms with Crippen LogP contribution in [0.1, 0.15) is 43.7 Å². The number of aromatic amines is 1. The number of unbranched alkanes of at least 4 members (excludes halogenated alkanes) is 2. The van der Waals surface area contributed by atoms with Crippen molar-refractivity contribution in [3.63, 3.8) is 0 Å². The molecule has 3 aromatic rings. The van der Waals surface area contributed by atoms with Gasteiger partial charge in [0.1, 0.15) is 0 Å². The summed E-state index contributed by atoms with van der Waals surface area (Å²) in [7, 11) is 1.33. The van der Waals surface area contributed by atoms with Gasteiger partial charge in [-0.15, -0.1) is 0 Å². The molecule has 0 bridgehead atoms. The van der Waals surface area contributed by atoms with Crippen molar-refractivity contribution in [2.75, 3.05) is 7.11 Å². The van der Waals surface area contributed by atoms with Crippen LogP contribution in [0.15, 0.2) is 59.4 Å². The van der Waals surface area contributed by atoms with Crippen molar-refractivity contribution in [2.45, 2.75) is 44.7 Å². The van der Waals surface area contributed by atoms with Gasteiger partial charge in [0.2, 0.25) is 5.91 Å². The molecule has 1 unspecified atom stereocenters. The van der Waals surface area contributed by atoms with E-state index in [2.05, 4.69) is 10.3 Å². The van der Waals surface area contributed by atoms with E-state index in [4.69, 9.17) is 17.0 Å². The zero-order valence-corrected chi connectivity index (χ0v) is 18.8. The summed E-state index contributed by atoms with van der Waals surface area (Å²) in [5, 5.41) is 3.54. The Morgan fingerprint density at radius 1 is 1.06 bits per heavy atom. The topological polar surface area (TPSA) is 93.2 Å². The average molecular weight is 454 g/mol. The molecule has 1 heterocycles. The number of rotatable bonds is 10. The van der Waals surface area contributed by atoms with E-state index in [1.165, 1.54) is 7.11 Å². The first kappa shape index (κ1) is 23.4. The lowest BCUT2D eigenvalue weighted by molar-refractivity contribution is -0.141. The summed E-state index contributed by atoms with van der Waals surface area (Å²) >= 11 is 5.33. The van der Waals surface area contributed by atoms with Crippen LogP contribution in [0.5, 0.6) is 0 Å². The molecule has 1 aromatic heterocycles. The van der Waals surface area contributed by atoms with Gasteiger partial charge in [0, 0.05) is 13.0 Å². The van der Waals surface area contributed by atoms with Gasteiger partial charge in [-0.3, -0.25) is 19.0 Å². The molecule has 32 heavy (non-hydrogen) atoms. The molecule has 0 fully saturated rings. The Morgan fingerprint density at radius 3 is 2.53 bits per heavy atom. The van der Waals surface area contributed by atoms with E-state index < -0.39 is 6.04 Å². The maximum absolute atomic E-state index is 12.7. The molecule has 0 aliphatic rings. The van der Waals surface area contributed by atoms with Crippen molar-refractivity contribution < 1.29 is 14.3 Å². The Bertz CT molecular complexity index is 1190. The highest BCUT2D eigenvalue weighted by Gasteiger charge is 2.18. The lowest BCUT2D eigenvalue weighted by Crippen LogP contribution is -2.30. The first-order chi connectivity index (χ1) is 15.5. The van der Waals surface area contributed by atoms with Crippen LogP contribution in [-0.4, -0.2) is 28.5 Å². The molecule has 0 saturated heterocycles. The molecular weight excluding hydrogens is 426 g/mol. The van der Waals surface area contributed by atoms with Crippen LogP contribution in [-0.2, 0) is 20.9 Å². The Hall–Kier alpha value is -3.26. The number of benzene rings is 2. The maximum atomic E-state index is 12.7. The van der Waals surface area contributed by atoms with Gasteiger partial charge in [0.25, 0.3) is 5.56 Å². The molecule has 0 aliphatic carbocycles. The minimum absolute atomic E-state index is 0.0786. The van der Waals surface area contributed by atoms with Gasteiger partial charge in [-0.2, -0.15) is 0 Å². The fraction of sp³-hybridized carbons (Fsp3) is 0.333. The van der Waals surface area contributed by atoms with Gasteiger partial charge >= 0.3 is 5.97 Å². The number of carbonyl (C=O) groups excluding carboxylic acids is 2. The summed E-state index contributed by atoms with van der Waals surface area (Å²) in [4.78, 5) is 39.9. The fourth-order valence-corrected chi connectivity index (χ4v) is 3.87. The van der Waals surface area contributed by atoms with Gasteiger partial charge < -0.3 is 15.0 Å². The predicted molar refractivity (Wildman–Crippen MR) is 126 cm³/mol. The van der Waals surface area contributed by atoms with E-state index in [1.807, 2.05) is 48.5 Å². The van der Waals surface area contributed by atoms with Crippen LogP contribution >= 0.6 is 12.2 Å². The molecular formula is C24H27N3O4S. The lowest BCUT2D eigenvalue weighted by Gasteiger charge is -2.18. The number of ether oxygens (including phenoxy) is 1. The second-order valence-corrected chi connectivity index (χ2v) is 7.94. The quantitative estimate of drug-likeness (QED) is 0.275. The third kappa shape index (κ3) is 6.13. The van der Waals surface area contributed by atoms with Crippen molar-refractivity contribution >= 4 is 35.0 Å². The van der Waals surface area contributed by atoms with Gasteiger partial charge in [-0.25, -0.2) is 0 Å². The van der Waals surface area contributed by atoms with Crippen molar-refractivity contribution in [2.24, 2.45) is 0 Å². The number of fused-ring (bicyclic) bond motifs is 1. The van der Waals surface area contributed by atoms with Crippen molar-refractivity contribution in [3.8, 4) is 0 Å². The van der Waals surface area contributed by atoms with E-state index in [1.54, 1.807) is 10.6 Å². The van der Waals surface area contributed by atoms with Gasteiger partial charge in [0.05, 0.1) is 30.5 Å². The van der Waals surface area contributed by atoms with Crippen LogP contribution in [0.4, 0.5) is 0 Å². The number of hydrogen-bond donors (Lipinski definition) is 2. The average Bonchev–Trinajstić information content (AvgIpc) is 2.80. The SMILES string of the molecule is COC(=O)CC(NC(=O)CCCCCn1c(=S)[nH]c2ccccc2c1=O)c1ccccc1. The van der Waals surface area contributed by atoms with Crippen LogP contribution < -0.4 is 10.9 Å².